The zero-order chi connectivity index (χ0) is 28.9. The van der Waals surface area contributed by atoms with Crippen molar-refractivity contribution in [3.8, 4) is 34.0 Å². The van der Waals surface area contributed by atoms with E-state index in [2.05, 4.69) is 41.8 Å². The summed E-state index contributed by atoms with van der Waals surface area (Å²) in [5.74, 6) is -0.519. The molecule has 0 aliphatic heterocycles. The first-order valence-electron chi connectivity index (χ1n) is 11.4. The molecule has 204 valence electrons. The van der Waals surface area contributed by atoms with Gasteiger partial charge in [0.2, 0.25) is 11.8 Å². The molecule has 0 fully saturated rings. The van der Waals surface area contributed by atoms with Crippen LogP contribution in [0.15, 0.2) is 57.7 Å². The zero-order valence-corrected chi connectivity index (χ0v) is 24.1. The van der Waals surface area contributed by atoms with Crippen LogP contribution in [0.4, 0.5) is 26.3 Å². The molecule has 3 nitrogen and oxygen atoms in total. The summed E-state index contributed by atoms with van der Waals surface area (Å²) >= 11 is 6.17. The first kappa shape index (κ1) is 29.1. The molecule has 0 atom stereocenters. The Kier molecular flexibility index (Phi) is 7.88. The predicted molar refractivity (Wildman–Crippen MR) is 144 cm³/mol. The van der Waals surface area contributed by atoms with Crippen LogP contribution >= 0.6 is 31.9 Å². The molecule has 11 heteroatoms. The molecule has 0 radical (unpaired) electrons. The van der Waals surface area contributed by atoms with Crippen molar-refractivity contribution >= 4 is 31.9 Å². The van der Waals surface area contributed by atoms with E-state index in [4.69, 9.17) is 4.74 Å². The molecule has 0 saturated heterocycles. The average molecular weight is 674 g/mol. The van der Waals surface area contributed by atoms with Crippen molar-refractivity contribution in [1.82, 2.24) is 9.97 Å². The lowest BCUT2D eigenvalue weighted by Crippen LogP contribution is -2.10. The van der Waals surface area contributed by atoms with Crippen molar-refractivity contribution in [1.29, 1.82) is 0 Å². The summed E-state index contributed by atoms with van der Waals surface area (Å²) < 4.78 is 88.1. The molecule has 0 bridgehead atoms. The number of aromatic nitrogens is 2. The number of hydrogen-bond acceptors (Lipinski definition) is 3. The molecular weight excluding hydrogens is 654 g/mol. The third-order valence-corrected chi connectivity index (χ3v) is 7.43. The summed E-state index contributed by atoms with van der Waals surface area (Å²) in [7, 11) is 0. The van der Waals surface area contributed by atoms with Crippen LogP contribution in [-0.4, -0.2) is 9.97 Å². The molecule has 0 spiro atoms. The maximum absolute atomic E-state index is 13.8. The number of aryl methyl sites for hydroxylation is 4. The summed E-state index contributed by atoms with van der Waals surface area (Å²) in [5, 5.41) is 0. The fraction of sp³-hybridized carbons (Fsp3) is 0.214. The van der Waals surface area contributed by atoms with Crippen LogP contribution in [-0.2, 0) is 12.4 Å². The second kappa shape index (κ2) is 10.6. The van der Waals surface area contributed by atoms with Gasteiger partial charge in [0.1, 0.15) is 0 Å². The molecule has 0 saturated carbocycles. The highest BCUT2D eigenvalue weighted by Gasteiger charge is 2.38. The SMILES string of the molecule is Cc1cc(C)cc(-c2c(Oc3ncc(C(F)(F)F)c(Br)c3-c3cc(C)cc(C)c3)ncc(C(F)(F)F)c2Br)c1. The van der Waals surface area contributed by atoms with E-state index in [1.165, 1.54) is 0 Å². The van der Waals surface area contributed by atoms with Gasteiger partial charge in [0.05, 0.1) is 22.3 Å². The molecule has 0 unspecified atom stereocenters. The number of benzene rings is 2. The highest BCUT2D eigenvalue weighted by molar-refractivity contribution is 9.11. The third-order valence-electron chi connectivity index (χ3n) is 5.79. The fourth-order valence-electron chi connectivity index (χ4n) is 4.33. The summed E-state index contributed by atoms with van der Waals surface area (Å²) in [6.07, 6.45) is -8.22. The largest absolute Gasteiger partial charge is 0.419 e. The van der Waals surface area contributed by atoms with Gasteiger partial charge in [-0.2, -0.15) is 26.3 Å². The maximum Gasteiger partial charge on any atom is 0.419 e. The molecule has 4 rings (SSSR count). The van der Waals surface area contributed by atoms with Crippen LogP contribution in [0, 0.1) is 27.7 Å². The summed E-state index contributed by atoms with van der Waals surface area (Å²) in [5.41, 5.74) is 1.82. The number of halogens is 8. The normalized spacial score (nSPS) is 12.1. The highest BCUT2D eigenvalue weighted by Crippen LogP contribution is 2.48. The number of pyridine rings is 2. The van der Waals surface area contributed by atoms with E-state index in [9.17, 15) is 26.3 Å². The van der Waals surface area contributed by atoms with E-state index < -0.39 is 23.5 Å². The van der Waals surface area contributed by atoms with Crippen LogP contribution in [0.5, 0.6) is 11.8 Å². The van der Waals surface area contributed by atoms with Gasteiger partial charge in [0.25, 0.3) is 0 Å². The lowest BCUT2D eigenvalue weighted by Gasteiger charge is -2.20. The molecule has 39 heavy (non-hydrogen) atoms. The summed E-state index contributed by atoms with van der Waals surface area (Å²) in [6.45, 7) is 7.16. The third kappa shape index (κ3) is 6.14. The molecular formula is C28H20Br2F6N2O. The molecule has 0 aliphatic carbocycles. The number of nitrogens with zero attached hydrogens (tertiary/aromatic N) is 2. The highest BCUT2D eigenvalue weighted by atomic mass is 79.9. The number of ether oxygens (including phenoxy) is 1. The van der Waals surface area contributed by atoms with Gasteiger partial charge < -0.3 is 4.74 Å². The van der Waals surface area contributed by atoms with Crippen molar-refractivity contribution in [3.05, 3.63) is 91.1 Å². The monoisotopic (exact) mass is 672 g/mol. The Morgan fingerprint density at radius 3 is 1.15 bits per heavy atom. The van der Waals surface area contributed by atoms with Gasteiger partial charge >= 0.3 is 12.4 Å². The first-order chi connectivity index (χ1) is 18.1. The quantitative estimate of drug-likeness (QED) is 0.202. The summed E-state index contributed by atoms with van der Waals surface area (Å²) in [4.78, 5) is 7.92. The van der Waals surface area contributed by atoms with Gasteiger partial charge in [0, 0.05) is 21.3 Å². The van der Waals surface area contributed by atoms with Crippen LogP contribution in [0.3, 0.4) is 0 Å². The lowest BCUT2D eigenvalue weighted by atomic mass is 9.99. The van der Waals surface area contributed by atoms with Gasteiger partial charge in [-0.25, -0.2) is 9.97 Å². The molecule has 2 aromatic heterocycles. The van der Waals surface area contributed by atoms with Crippen LogP contribution in [0.25, 0.3) is 22.3 Å². The number of alkyl halides is 6. The second-order valence-electron chi connectivity index (χ2n) is 9.18. The lowest BCUT2D eigenvalue weighted by molar-refractivity contribution is -0.139. The molecule has 4 aromatic rings. The molecule has 0 N–H and O–H groups in total. The standard InChI is InChI=1S/C28H20Br2F6N2O/c1-13-5-14(2)8-17(7-13)21-23(29)19(27(31,32)33)11-37-25(21)39-26-22(18-9-15(3)6-16(4)10-18)24(30)20(12-38-26)28(34,35)36/h5-12H,1-4H3. The Morgan fingerprint density at radius 1 is 0.564 bits per heavy atom. The smallest absolute Gasteiger partial charge is 0.419 e. The average Bonchev–Trinajstić information content (AvgIpc) is 2.76. The van der Waals surface area contributed by atoms with Gasteiger partial charge in [-0.3, -0.25) is 0 Å². The van der Waals surface area contributed by atoms with Crippen molar-refractivity contribution in [2.75, 3.05) is 0 Å². The van der Waals surface area contributed by atoms with Crippen LogP contribution in [0.1, 0.15) is 33.4 Å². The minimum atomic E-state index is -4.72. The minimum Gasteiger partial charge on any atom is -0.419 e. The fourth-order valence-corrected chi connectivity index (χ4v) is 5.78. The Labute approximate surface area is 237 Å². The Balaban J connectivity index is 2.01. The van der Waals surface area contributed by atoms with E-state index in [0.29, 0.717) is 23.5 Å². The van der Waals surface area contributed by atoms with E-state index in [1.54, 1.807) is 52.0 Å². The van der Waals surface area contributed by atoms with Crippen molar-refractivity contribution in [3.63, 3.8) is 0 Å². The summed E-state index contributed by atoms with van der Waals surface area (Å²) in [6, 6.07) is 10.4. The van der Waals surface area contributed by atoms with E-state index in [0.717, 1.165) is 22.3 Å². The van der Waals surface area contributed by atoms with Gasteiger partial charge in [-0.05, 0) is 70.7 Å². The van der Waals surface area contributed by atoms with Crippen molar-refractivity contribution in [2.24, 2.45) is 0 Å². The van der Waals surface area contributed by atoms with Gasteiger partial charge in [-0.1, -0.05) is 58.7 Å². The minimum absolute atomic E-state index is 0.0131. The van der Waals surface area contributed by atoms with E-state index >= 15 is 0 Å². The zero-order valence-electron chi connectivity index (χ0n) is 20.9. The first-order valence-corrected chi connectivity index (χ1v) is 13.0. The van der Waals surface area contributed by atoms with Crippen molar-refractivity contribution in [2.45, 2.75) is 40.0 Å². The van der Waals surface area contributed by atoms with E-state index in [-0.39, 0.29) is 31.8 Å². The molecule has 0 aliphatic rings. The topological polar surface area (TPSA) is 35.0 Å². The predicted octanol–water partition coefficient (Wildman–Crippen LogP) is 10.4. The van der Waals surface area contributed by atoms with Gasteiger partial charge in [-0.15, -0.1) is 0 Å². The van der Waals surface area contributed by atoms with Gasteiger partial charge in [0.15, 0.2) is 0 Å². The van der Waals surface area contributed by atoms with Crippen LogP contribution in [0.2, 0.25) is 0 Å². The Bertz CT molecular complexity index is 1420. The van der Waals surface area contributed by atoms with Crippen LogP contribution < -0.4 is 4.74 Å². The number of rotatable bonds is 4. The Hall–Kier alpha value is -2.92. The molecule has 0 amide bonds. The maximum atomic E-state index is 13.8. The number of hydrogen-bond donors (Lipinski definition) is 0. The van der Waals surface area contributed by atoms with E-state index in [1.807, 2.05) is 12.1 Å². The second-order valence-corrected chi connectivity index (χ2v) is 10.8. The molecule has 2 aromatic carbocycles. The molecule has 2 heterocycles. The van der Waals surface area contributed by atoms with Crippen molar-refractivity contribution < 1.29 is 31.1 Å². The Morgan fingerprint density at radius 2 is 0.872 bits per heavy atom.